The number of aryl methyl sites for hydroxylation is 1. The van der Waals surface area contributed by atoms with Crippen molar-refractivity contribution in [3.8, 4) is 0 Å². The summed E-state index contributed by atoms with van der Waals surface area (Å²) in [6, 6.07) is 6.87. The Morgan fingerprint density at radius 2 is 1.88 bits per heavy atom. The molecule has 0 spiro atoms. The van der Waals surface area contributed by atoms with E-state index in [1.807, 2.05) is 0 Å². The number of nitrogens with zero attached hydrogens (tertiary/aromatic N) is 2. The Morgan fingerprint density at radius 3 is 2.58 bits per heavy atom. The van der Waals surface area contributed by atoms with Gasteiger partial charge in [0.25, 0.3) is 5.91 Å². The molecular formula is C19H26ClN2NaO. The Morgan fingerprint density at radius 1 is 1.08 bits per heavy atom. The SMILES string of the molecule is Cl.O=C1c2cccc3c2[C@@H](CCC3)CN1[C@@H]1CN2CCC1CC2.[H-].[Na+]. The van der Waals surface area contributed by atoms with Gasteiger partial charge in [0.15, 0.2) is 0 Å². The maximum atomic E-state index is 13.1. The van der Waals surface area contributed by atoms with Crippen molar-refractivity contribution in [3.63, 3.8) is 0 Å². The normalized spacial score (nSPS) is 33.3. The molecule has 3 saturated heterocycles. The Kier molecular flexibility index (Phi) is 5.68. The molecule has 24 heavy (non-hydrogen) atoms. The number of benzene rings is 1. The van der Waals surface area contributed by atoms with Gasteiger partial charge in [-0.05, 0) is 68.3 Å². The average Bonchev–Trinajstić information content (AvgIpc) is 2.59. The fourth-order valence-electron chi connectivity index (χ4n) is 5.41. The molecule has 1 aromatic rings. The van der Waals surface area contributed by atoms with Gasteiger partial charge in [-0.25, -0.2) is 0 Å². The molecule has 126 valence electrons. The van der Waals surface area contributed by atoms with E-state index in [4.69, 9.17) is 0 Å². The molecule has 1 aromatic carbocycles. The number of piperidine rings is 3. The summed E-state index contributed by atoms with van der Waals surface area (Å²) in [5, 5.41) is 0. The van der Waals surface area contributed by atoms with E-state index in [-0.39, 0.29) is 43.4 Å². The molecule has 1 amide bonds. The first kappa shape index (κ1) is 18.7. The summed E-state index contributed by atoms with van der Waals surface area (Å²) in [5.74, 6) is 1.64. The van der Waals surface area contributed by atoms with Crippen molar-refractivity contribution >= 4 is 18.3 Å². The van der Waals surface area contributed by atoms with Crippen LogP contribution in [-0.2, 0) is 6.42 Å². The van der Waals surface area contributed by atoms with E-state index in [1.54, 1.807) is 0 Å². The van der Waals surface area contributed by atoms with Crippen LogP contribution in [0.2, 0.25) is 0 Å². The van der Waals surface area contributed by atoms with Crippen molar-refractivity contribution in [2.45, 2.75) is 44.1 Å². The minimum atomic E-state index is 0. The summed E-state index contributed by atoms with van der Waals surface area (Å²) in [5.41, 5.74) is 3.86. The molecule has 3 fully saturated rings. The van der Waals surface area contributed by atoms with Crippen LogP contribution in [0.4, 0.5) is 0 Å². The number of amides is 1. The maximum absolute atomic E-state index is 13.1. The van der Waals surface area contributed by atoms with Crippen LogP contribution in [0.1, 0.15) is 54.5 Å². The van der Waals surface area contributed by atoms with E-state index in [0.717, 1.165) is 31.0 Å². The molecule has 4 heterocycles. The Labute approximate surface area is 174 Å². The molecule has 0 N–H and O–H groups in total. The van der Waals surface area contributed by atoms with Gasteiger partial charge in [0.05, 0.1) is 0 Å². The van der Waals surface area contributed by atoms with E-state index < -0.39 is 0 Å². The number of hydrogen-bond acceptors (Lipinski definition) is 2. The van der Waals surface area contributed by atoms with E-state index in [1.165, 1.54) is 49.9 Å². The zero-order valence-corrected chi connectivity index (χ0v) is 17.4. The van der Waals surface area contributed by atoms with Crippen molar-refractivity contribution in [2.75, 3.05) is 26.2 Å². The van der Waals surface area contributed by atoms with Crippen molar-refractivity contribution in [2.24, 2.45) is 5.92 Å². The predicted molar refractivity (Wildman–Crippen MR) is 94.5 cm³/mol. The van der Waals surface area contributed by atoms with Gasteiger partial charge < -0.3 is 11.2 Å². The maximum Gasteiger partial charge on any atom is 1.00 e. The number of carbonyl (C=O) groups excluding carboxylic acids is 1. The molecular weight excluding hydrogens is 331 g/mol. The summed E-state index contributed by atoms with van der Waals surface area (Å²) in [4.78, 5) is 18.0. The first-order chi connectivity index (χ1) is 10.8. The molecule has 0 unspecified atom stereocenters. The van der Waals surface area contributed by atoms with Crippen LogP contribution in [-0.4, -0.2) is 47.9 Å². The van der Waals surface area contributed by atoms with Crippen LogP contribution in [0, 0.1) is 5.92 Å². The molecule has 5 heteroatoms. The predicted octanol–water partition coefficient (Wildman–Crippen LogP) is 0.195. The zero-order valence-electron chi connectivity index (χ0n) is 15.5. The summed E-state index contributed by atoms with van der Waals surface area (Å²) in [6.45, 7) is 4.57. The topological polar surface area (TPSA) is 23.6 Å². The molecule has 0 aromatic heterocycles. The molecule has 3 nitrogen and oxygen atoms in total. The van der Waals surface area contributed by atoms with E-state index in [0.29, 0.717) is 17.9 Å². The van der Waals surface area contributed by atoms with Gasteiger partial charge in [-0.15, -0.1) is 12.4 Å². The summed E-state index contributed by atoms with van der Waals surface area (Å²) in [7, 11) is 0. The third-order valence-electron chi connectivity index (χ3n) is 6.53. The van der Waals surface area contributed by atoms with Crippen LogP contribution in [0.3, 0.4) is 0 Å². The standard InChI is InChI=1S/C19H24N2O.ClH.Na.H/c22-19-16-6-2-4-14-3-1-5-15(18(14)16)11-21(19)17-12-20-9-7-13(17)8-10-20;;;/h2,4,6,13,15,17H,1,3,5,7-12H2;1H;;/q;;+1;-1/t15-,17+;;;/m0.../s1. The number of halogens is 1. The quantitative estimate of drug-likeness (QED) is 0.671. The fraction of sp³-hybridized carbons (Fsp3) is 0.632. The van der Waals surface area contributed by atoms with Gasteiger partial charge in [-0.1, -0.05) is 12.1 Å². The van der Waals surface area contributed by atoms with Gasteiger partial charge in [-0.2, -0.15) is 0 Å². The fourth-order valence-corrected chi connectivity index (χ4v) is 5.41. The Balaban J connectivity index is 0.000000751. The third-order valence-corrected chi connectivity index (χ3v) is 6.53. The molecule has 0 saturated carbocycles. The van der Waals surface area contributed by atoms with Crippen LogP contribution in [0.5, 0.6) is 0 Å². The van der Waals surface area contributed by atoms with Crippen molar-refractivity contribution in [3.05, 3.63) is 34.9 Å². The van der Waals surface area contributed by atoms with Gasteiger partial charge in [0.1, 0.15) is 0 Å². The Hall–Kier alpha value is -0.0600. The molecule has 6 rings (SSSR count). The van der Waals surface area contributed by atoms with Crippen LogP contribution < -0.4 is 29.6 Å². The number of fused-ring (bicyclic) bond motifs is 3. The molecule has 0 radical (unpaired) electrons. The number of carbonyl (C=O) groups is 1. The summed E-state index contributed by atoms with van der Waals surface area (Å²) in [6.07, 6.45) is 6.27. The Bertz CT molecular complexity index is 636. The summed E-state index contributed by atoms with van der Waals surface area (Å²) < 4.78 is 0. The molecule has 1 aliphatic carbocycles. The number of hydrogen-bond donors (Lipinski definition) is 0. The second-order valence-electron chi connectivity index (χ2n) is 7.63. The van der Waals surface area contributed by atoms with Crippen molar-refractivity contribution < 1.29 is 35.8 Å². The average molecular weight is 357 g/mol. The van der Waals surface area contributed by atoms with Crippen LogP contribution >= 0.6 is 12.4 Å². The second kappa shape index (κ2) is 7.28. The minimum absolute atomic E-state index is 0. The van der Waals surface area contributed by atoms with E-state index >= 15 is 0 Å². The van der Waals surface area contributed by atoms with Gasteiger partial charge in [0, 0.05) is 30.6 Å². The summed E-state index contributed by atoms with van der Waals surface area (Å²) >= 11 is 0. The van der Waals surface area contributed by atoms with Crippen molar-refractivity contribution in [1.29, 1.82) is 0 Å². The zero-order chi connectivity index (χ0) is 14.7. The smallest absolute Gasteiger partial charge is 1.00 e. The van der Waals surface area contributed by atoms with Gasteiger partial charge in [-0.3, -0.25) is 4.79 Å². The third kappa shape index (κ3) is 2.87. The van der Waals surface area contributed by atoms with Crippen LogP contribution in [0.25, 0.3) is 0 Å². The first-order valence-corrected chi connectivity index (χ1v) is 8.96. The first-order valence-electron chi connectivity index (χ1n) is 8.96. The van der Waals surface area contributed by atoms with Crippen LogP contribution in [0.15, 0.2) is 18.2 Å². The largest absolute Gasteiger partial charge is 1.00 e. The molecule has 4 aliphatic heterocycles. The van der Waals surface area contributed by atoms with Crippen molar-refractivity contribution in [1.82, 2.24) is 9.80 Å². The monoisotopic (exact) mass is 356 g/mol. The van der Waals surface area contributed by atoms with E-state index in [9.17, 15) is 4.79 Å². The molecule has 5 aliphatic rings. The number of rotatable bonds is 1. The second-order valence-corrected chi connectivity index (χ2v) is 7.63. The molecule has 2 atom stereocenters. The minimum Gasteiger partial charge on any atom is -1.00 e. The van der Waals surface area contributed by atoms with E-state index in [2.05, 4.69) is 28.0 Å². The van der Waals surface area contributed by atoms with Gasteiger partial charge >= 0.3 is 29.6 Å². The molecule has 2 bridgehead atoms. The van der Waals surface area contributed by atoms with Gasteiger partial charge in [0.2, 0.25) is 0 Å².